The van der Waals surface area contributed by atoms with E-state index in [0.29, 0.717) is 5.56 Å². The fourth-order valence-corrected chi connectivity index (χ4v) is 1.88. The van der Waals surface area contributed by atoms with Crippen LogP contribution >= 0.6 is 0 Å². The molecule has 0 spiro atoms. The number of aromatic nitrogens is 1. The molecule has 0 aliphatic rings. The van der Waals surface area contributed by atoms with Gasteiger partial charge in [-0.2, -0.15) is 0 Å². The van der Waals surface area contributed by atoms with Crippen LogP contribution in [0.15, 0.2) is 30.5 Å². The second-order valence-electron chi connectivity index (χ2n) is 3.90. The summed E-state index contributed by atoms with van der Waals surface area (Å²) < 4.78 is 2.10. The molecule has 17 heavy (non-hydrogen) atoms. The summed E-state index contributed by atoms with van der Waals surface area (Å²) in [5, 5.41) is 9.85. The van der Waals surface area contributed by atoms with Crippen LogP contribution in [-0.4, -0.2) is 15.6 Å². The lowest BCUT2D eigenvalue weighted by Crippen LogP contribution is -1.97. The number of rotatable bonds is 4. The molecule has 0 radical (unpaired) electrons. The van der Waals surface area contributed by atoms with Gasteiger partial charge in [0.2, 0.25) is 0 Å². The summed E-state index contributed by atoms with van der Waals surface area (Å²) in [6.07, 6.45) is 8.86. The van der Waals surface area contributed by atoms with Crippen molar-refractivity contribution in [3.63, 3.8) is 0 Å². The van der Waals surface area contributed by atoms with Crippen LogP contribution in [0.1, 0.15) is 23.2 Å². The number of carboxylic acid groups (broad SMARTS) is 1. The zero-order chi connectivity index (χ0) is 12.3. The minimum atomic E-state index is -0.896. The van der Waals surface area contributed by atoms with Gasteiger partial charge in [0.15, 0.2) is 0 Å². The minimum Gasteiger partial charge on any atom is -0.478 e. The Kier molecular flexibility index (Phi) is 3.15. The smallest absolute Gasteiger partial charge is 0.335 e. The van der Waals surface area contributed by atoms with Gasteiger partial charge >= 0.3 is 5.97 Å². The van der Waals surface area contributed by atoms with Crippen molar-refractivity contribution in [1.82, 2.24) is 4.57 Å². The largest absolute Gasteiger partial charge is 0.478 e. The Morgan fingerprint density at radius 3 is 2.94 bits per heavy atom. The topological polar surface area (TPSA) is 42.2 Å². The van der Waals surface area contributed by atoms with Crippen molar-refractivity contribution < 1.29 is 9.90 Å². The Labute approximate surface area is 99.7 Å². The molecule has 0 fully saturated rings. The summed E-state index contributed by atoms with van der Waals surface area (Å²) >= 11 is 0. The lowest BCUT2D eigenvalue weighted by atomic mass is 10.1. The van der Waals surface area contributed by atoms with E-state index in [4.69, 9.17) is 11.5 Å². The van der Waals surface area contributed by atoms with Gasteiger partial charge in [0, 0.05) is 30.1 Å². The first-order chi connectivity index (χ1) is 8.22. The number of aryl methyl sites for hydroxylation is 1. The molecular weight excluding hydrogens is 214 g/mol. The third-order valence-corrected chi connectivity index (χ3v) is 2.74. The van der Waals surface area contributed by atoms with Gasteiger partial charge in [-0.25, -0.2) is 4.79 Å². The zero-order valence-corrected chi connectivity index (χ0v) is 9.39. The van der Waals surface area contributed by atoms with Gasteiger partial charge in [-0.3, -0.25) is 0 Å². The SMILES string of the molecule is C#CCCCn1ccc2cc(C(=O)O)ccc21. The molecule has 86 valence electrons. The van der Waals surface area contributed by atoms with E-state index in [9.17, 15) is 4.79 Å². The standard InChI is InChI=1S/C14H13NO2/c1-2-3-4-8-15-9-7-11-10-12(14(16)17)5-6-13(11)15/h1,5-7,9-10H,3-4,8H2,(H,16,17). The van der Waals surface area contributed by atoms with Gasteiger partial charge in [0.25, 0.3) is 0 Å². The molecule has 2 rings (SSSR count). The predicted octanol–water partition coefficient (Wildman–Crippen LogP) is 2.75. The highest BCUT2D eigenvalue weighted by molar-refractivity contribution is 5.93. The summed E-state index contributed by atoms with van der Waals surface area (Å²) in [5.41, 5.74) is 1.37. The Morgan fingerprint density at radius 2 is 2.24 bits per heavy atom. The highest BCUT2D eigenvalue weighted by atomic mass is 16.4. The van der Waals surface area contributed by atoms with E-state index in [1.54, 1.807) is 12.1 Å². The number of carbonyl (C=O) groups is 1. The molecule has 0 saturated heterocycles. The van der Waals surface area contributed by atoms with Crippen molar-refractivity contribution in [2.24, 2.45) is 0 Å². The van der Waals surface area contributed by atoms with Crippen LogP contribution in [0.4, 0.5) is 0 Å². The third kappa shape index (κ3) is 2.31. The number of hydrogen-bond acceptors (Lipinski definition) is 1. The number of terminal acetylenes is 1. The van der Waals surface area contributed by atoms with Crippen molar-refractivity contribution in [1.29, 1.82) is 0 Å². The van der Waals surface area contributed by atoms with E-state index in [0.717, 1.165) is 30.3 Å². The molecule has 0 aliphatic carbocycles. The maximum atomic E-state index is 10.8. The number of carboxylic acids is 1. The number of unbranched alkanes of at least 4 members (excludes halogenated alkanes) is 1. The molecule has 0 bridgehead atoms. The van der Waals surface area contributed by atoms with Crippen molar-refractivity contribution in [3.8, 4) is 12.3 Å². The van der Waals surface area contributed by atoms with Crippen molar-refractivity contribution in [3.05, 3.63) is 36.0 Å². The van der Waals surface area contributed by atoms with Gasteiger partial charge in [0.1, 0.15) is 0 Å². The second kappa shape index (κ2) is 4.75. The second-order valence-corrected chi connectivity index (χ2v) is 3.90. The van der Waals surface area contributed by atoms with Crippen LogP contribution in [0.3, 0.4) is 0 Å². The lowest BCUT2D eigenvalue weighted by Gasteiger charge is -2.03. The van der Waals surface area contributed by atoms with Crippen LogP contribution in [0.25, 0.3) is 10.9 Å². The maximum Gasteiger partial charge on any atom is 0.335 e. The molecule has 1 heterocycles. The maximum absolute atomic E-state index is 10.8. The molecule has 0 aliphatic heterocycles. The van der Waals surface area contributed by atoms with Crippen LogP contribution in [0.5, 0.6) is 0 Å². The van der Waals surface area contributed by atoms with Crippen LogP contribution in [-0.2, 0) is 6.54 Å². The Hall–Kier alpha value is -2.21. The van der Waals surface area contributed by atoms with Crippen molar-refractivity contribution >= 4 is 16.9 Å². The normalized spacial score (nSPS) is 10.3. The molecule has 0 atom stereocenters. The average molecular weight is 227 g/mol. The fourth-order valence-electron chi connectivity index (χ4n) is 1.88. The highest BCUT2D eigenvalue weighted by Crippen LogP contribution is 2.18. The summed E-state index contributed by atoms with van der Waals surface area (Å²) in [5.74, 6) is 1.71. The summed E-state index contributed by atoms with van der Waals surface area (Å²) in [7, 11) is 0. The zero-order valence-electron chi connectivity index (χ0n) is 9.39. The first-order valence-electron chi connectivity index (χ1n) is 5.48. The molecular formula is C14H13NO2. The van der Waals surface area contributed by atoms with Crippen LogP contribution in [0, 0.1) is 12.3 Å². The third-order valence-electron chi connectivity index (χ3n) is 2.74. The molecule has 1 N–H and O–H groups in total. The number of aromatic carboxylic acids is 1. The molecule has 3 heteroatoms. The van der Waals surface area contributed by atoms with Gasteiger partial charge < -0.3 is 9.67 Å². The van der Waals surface area contributed by atoms with E-state index in [1.807, 2.05) is 18.3 Å². The van der Waals surface area contributed by atoms with E-state index in [2.05, 4.69) is 10.5 Å². The quantitative estimate of drug-likeness (QED) is 0.644. The predicted molar refractivity (Wildman–Crippen MR) is 67.0 cm³/mol. The first kappa shape index (κ1) is 11.3. The molecule has 0 saturated carbocycles. The number of fused-ring (bicyclic) bond motifs is 1. The van der Waals surface area contributed by atoms with E-state index in [-0.39, 0.29) is 0 Å². The van der Waals surface area contributed by atoms with Crippen molar-refractivity contribution in [2.45, 2.75) is 19.4 Å². The summed E-state index contributed by atoms with van der Waals surface area (Å²) in [4.78, 5) is 10.8. The van der Waals surface area contributed by atoms with Gasteiger partial charge in [-0.05, 0) is 30.7 Å². The monoisotopic (exact) mass is 227 g/mol. The Bertz CT molecular complexity index is 590. The molecule has 1 aromatic carbocycles. The first-order valence-corrected chi connectivity index (χ1v) is 5.48. The molecule has 3 nitrogen and oxygen atoms in total. The minimum absolute atomic E-state index is 0.318. The van der Waals surface area contributed by atoms with E-state index in [1.165, 1.54) is 0 Å². The number of benzene rings is 1. The molecule has 0 amide bonds. The molecule has 0 unspecified atom stereocenters. The molecule has 2 aromatic rings. The van der Waals surface area contributed by atoms with E-state index >= 15 is 0 Å². The Balaban J connectivity index is 2.29. The van der Waals surface area contributed by atoms with Gasteiger partial charge in [-0.1, -0.05) is 0 Å². The van der Waals surface area contributed by atoms with Gasteiger partial charge in [0.05, 0.1) is 5.56 Å². The van der Waals surface area contributed by atoms with Gasteiger partial charge in [-0.15, -0.1) is 12.3 Å². The Morgan fingerprint density at radius 1 is 1.41 bits per heavy atom. The highest BCUT2D eigenvalue weighted by Gasteiger charge is 2.06. The number of nitrogens with zero attached hydrogens (tertiary/aromatic N) is 1. The summed E-state index contributed by atoms with van der Waals surface area (Å²) in [6, 6.07) is 7.09. The van der Waals surface area contributed by atoms with Crippen LogP contribution < -0.4 is 0 Å². The summed E-state index contributed by atoms with van der Waals surface area (Å²) in [6.45, 7) is 0.861. The molecule has 1 aromatic heterocycles. The van der Waals surface area contributed by atoms with Crippen molar-refractivity contribution in [2.75, 3.05) is 0 Å². The number of hydrogen-bond donors (Lipinski definition) is 1. The average Bonchev–Trinajstić information content (AvgIpc) is 2.72. The van der Waals surface area contributed by atoms with E-state index < -0.39 is 5.97 Å². The fraction of sp³-hybridized carbons (Fsp3) is 0.214. The van der Waals surface area contributed by atoms with Crippen LogP contribution in [0.2, 0.25) is 0 Å². The lowest BCUT2D eigenvalue weighted by molar-refractivity contribution is 0.0697.